The molecule has 3 aromatic carbocycles. The summed E-state index contributed by atoms with van der Waals surface area (Å²) >= 11 is 0. The Morgan fingerprint density at radius 1 is 0.977 bits per heavy atom. The second-order valence-corrected chi connectivity index (χ2v) is 11.8. The van der Waals surface area contributed by atoms with Gasteiger partial charge in [0.25, 0.3) is 11.8 Å². The molecule has 1 fully saturated rings. The van der Waals surface area contributed by atoms with Crippen LogP contribution in [-0.2, 0) is 16.7 Å². The molecule has 3 amide bonds. The highest BCUT2D eigenvalue weighted by molar-refractivity contribution is 6.01. The van der Waals surface area contributed by atoms with E-state index in [-0.39, 0.29) is 16.9 Å². The molecule has 0 unspecified atom stereocenters. The zero-order valence-corrected chi connectivity index (χ0v) is 24.9. The SMILES string of the molecule is COc1ccc(C(=O)N2CCC3(CC2)COc2ccc(CNC(=O)OC(C)(C)C)cc23)cc1C(=O)NOc1ccccc1. The van der Waals surface area contributed by atoms with Crippen molar-refractivity contribution in [2.24, 2.45) is 0 Å². The number of carbonyl (C=O) groups is 3. The van der Waals surface area contributed by atoms with E-state index in [4.69, 9.17) is 19.0 Å². The van der Waals surface area contributed by atoms with E-state index in [1.807, 2.05) is 39.0 Å². The van der Waals surface area contributed by atoms with E-state index < -0.39 is 17.6 Å². The maximum Gasteiger partial charge on any atom is 0.407 e. The highest BCUT2D eigenvalue weighted by Gasteiger charge is 2.44. The van der Waals surface area contributed by atoms with Gasteiger partial charge < -0.3 is 29.3 Å². The number of piperidine rings is 1. The van der Waals surface area contributed by atoms with E-state index in [2.05, 4.69) is 16.9 Å². The van der Waals surface area contributed by atoms with Gasteiger partial charge in [-0.15, -0.1) is 0 Å². The molecule has 226 valence electrons. The molecule has 2 aliphatic rings. The van der Waals surface area contributed by atoms with Crippen molar-refractivity contribution in [2.75, 3.05) is 26.8 Å². The topological polar surface area (TPSA) is 115 Å². The maximum atomic E-state index is 13.5. The largest absolute Gasteiger partial charge is 0.496 e. The predicted molar refractivity (Wildman–Crippen MR) is 159 cm³/mol. The van der Waals surface area contributed by atoms with Crippen molar-refractivity contribution in [1.29, 1.82) is 0 Å². The number of benzene rings is 3. The summed E-state index contributed by atoms with van der Waals surface area (Å²) in [5.74, 6) is 0.965. The fourth-order valence-electron chi connectivity index (χ4n) is 5.41. The number of rotatable bonds is 7. The number of alkyl carbamates (subject to hydrolysis) is 1. The summed E-state index contributed by atoms with van der Waals surface area (Å²) in [6, 6.07) is 19.7. The average Bonchev–Trinajstić information content (AvgIpc) is 3.35. The first-order chi connectivity index (χ1) is 20.6. The summed E-state index contributed by atoms with van der Waals surface area (Å²) < 4.78 is 16.8. The van der Waals surface area contributed by atoms with Crippen LogP contribution in [0.3, 0.4) is 0 Å². The van der Waals surface area contributed by atoms with Crippen LogP contribution in [0.4, 0.5) is 4.79 Å². The molecule has 0 aromatic heterocycles. The van der Waals surface area contributed by atoms with Gasteiger partial charge in [0.15, 0.2) is 5.75 Å². The predicted octanol–water partition coefficient (Wildman–Crippen LogP) is 5.01. The van der Waals surface area contributed by atoms with Gasteiger partial charge in [-0.1, -0.05) is 24.3 Å². The van der Waals surface area contributed by atoms with E-state index in [9.17, 15) is 14.4 Å². The first-order valence-electron chi connectivity index (χ1n) is 14.3. The van der Waals surface area contributed by atoms with Crippen molar-refractivity contribution < 1.29 is 33.4 Å². The number of fused-ring (bicyclic) bond motifs is 2. The van der Waals surface area contributed by atoms with Crippen molar-refractivity contribution in [2.45, 2.75) is 51.2 Å². The maximum absolute atomic E-state index is 13.5. The van der Waals surface area contributed by atoms with Crippen LogP contribution >= 0.6 is 0 Å². The van der Waals surface area contributed by atoms with Crippen LogP contribution in [0.1, 0.15) is 65.5 Å². The summed E-state index contributed by atoms with van der Waals surface area (Å²) in [6.45, 7) is 7.43. The van der Waals surface area contributed by atoms with E-state index in [0.717, 1.165) is 29.7 Å². The van der Waals surface area contributed by atoms with Crippen LogP contribution in [0.5, 0.6) is 17.2 Å². The van der Waals surface area contributed by atoms with Gasteiger partial charge in [-0.2, -0.15) is 5.48 Å². The normalized spacial score (nSPS) is 15.2. The van der Waals surface area contributed by atoms with Gasteiger partial charge in [0, 0.05) is 36.2 Å². The lowest BCUT2D eigenvalue weighted by Gasteiger charge is -2.38. The first kappa shape index (κ1) is 29.8. The Bertz CT molecular complexity index is 1490. The zero-order valence-electron chi connectivity index (χ0n) is 24.9. The van der Waals surface area contributed by atoms with Crippen LogP contribution in [0.15, 0.2) is 66.7 Å². The van der Waals surface area contributed by atoms with Crippen molar-refractivity contribution >= 4 is 17.9 Å². The Morgan fingerprint density at radius 2 is 1.72 bits per heavy atom. The molecule has 0 aliphatic carbocycles. The second-order valence-electron chi connectivity index (χ2n) is 11.8. The third-order valence-electron chi connectivity index (χ3n) is 7.66. The molecule has 1 spiro atoms. The lowest BCUT2D eigenvalue weighted by molar-refractivity contribution is 0.0523. The Balaban J connectivity index is 1.23. The Morgan fingerprint density at radius 3 is 2.42 bits per heavy atom. The number of para-hydroxylation sites is 1. The molecular formula is C33H37N3O7. The zero-order chi connectivity index (χ0) is 30.6. The lowest BCUT2D eigenvalue weighted by Crippen LogP contribution is -2.46. The lowest BCUT2D eigenvalue weighted by atomic mass is 9.74. The van der Waals surface area contributed by atoms with E-state index in [0.29, 0.717) is 43.3 Å². The minimum Gasteiger partial charge on any atom is -0.496 e. The van der Waals surface area contributed by atoms with Crippen molar-refractivity contribution in [3.63, 3.8) is 0 Å². The van der Waals surface area contributed by atoms with Gasteiger partial charge in [-0.3, -0.25) is 9.59 Å². The molecule has 3 aromatic rings. The summed E-state index contributed by atoms with van der Waals surface area (Å²) in [5.41, 5.74) is 4.28. The van der Waals surface area contributed by atoms with E-state index in [1.54, 1.807) is 41.3 Å². The molecule has 2 aliphatic heterocycles. The Hall–Kier alpha value is -4.73. The summed E-state index contributed by atoms with van der Waals surface area (Å²) in [4.78, 5) is 45.8. The minimum atomic E-state index is -0.568. The van der Waals surface area contributed by atoms with Crippen molar-refractivity contribution in [1.82, 2.24) is 15.7 Å². The minimum absolute atomic E-state index is 0.162. The number of nitrogens with one attached hydrogen (secondary N) is 2. The quantitative estimate of drug-likeness (QED) is 0.374. The number of methoxy groups -OCH3 is 1. The number of amides is 3. The molecule has 2 heterocycles. The summed E-state index contributed by atoms with van der Waals surface area (Å²) in [6.07, 6.45) is 0.986. The van der Waals surface area contributed by atoms with Gasteiger partial charge in [0.1, 0.15) is 17.1 Å². The number of carbonyl (C=O) groups excluding carboxylic acids is 3. The fraction of sp³-hybridized carbons (Fsp3) is 0.364. The van der Waals surface area contributed by atoms with Gasteiger partial charge in [0.2, 0.25) is 0 Å². The highest BCUT2D eigenvalue weighted by atomic mass is 16.7. The number of hydroxylamine groups is 1. The smallest absolute Gasteiger partial charge is 0.407 e. The Labute approximate surface area is 251 Å². The molecule has 0 radical (unpaired) electrons. The molecule has 10 nitrogen and oxygen atoms in total. The number of hydrogen-bond acceptors (Lipinski definition) is 7. The number of hydrogen-bond donors (Lipinski definition) is 2. The van der Waals surface area contributed by atoms with E-state index in [1.165, 1.54) is 13.2 Å². The average molecular weight is 588 g/mol. The van der Waals surface area contributed by atoms with Gasteiger partial charge in [-0.25, -0.2) is 4.79 Å². The molecular weight excluding hydrogens is 550 g/mol. The molecule has 0 bridgehead atoms. The van der Waals surface area contributed by atoms with Gasteiger partial charge >= 0.3 is 6.09 Å². The van der Waals surface area contributed by atoms with Crippen LogP contribution in [0.25, 0.3) is 0 Å². The third-order valence-corrected chi connectivity index (χ3v) is 7.66. The van der Waals surface area contributed by atoms with Crippen LogP contribution in [0, 0.1) is 0 Å². The number of likely N-dealkylation sites (tertiary alicyclic amines) is 1. The van der Waals surface area contributed by atoms with Crippen molar-refractivity contribution in [3.8, 4) is 17.2 Å². The number of nitrogens with zero attached hydrogens (tertiary/aromatic N) is 1. The molecule has 0 atom stereocenters. The molecule has 10 heteroatoms. The standard InChI is InChI=1S/C33H37N3O7/c1-32(2,3)42-31(39)34-20-22-10-12-28-26(18-22)33(21-41-28)14-16-36(17-15-33)30(38)23-11-13-27(40-4)25(19-23)29(37)35-43-24-8-6-5-7-9-24/h5-13,18-19H,14-17,20-21H2,1-4H3,(H,34,39)(H,35,37). The molecule has 43 heavy (non-hydrogen) atoms. The van der Waals surface area contributed by atoms with Crippen LogP contribution < -0.4 is 25.1 Å². The van der Waals surface area contributed by atoms with Crippen molar-refractivity contribution in [3.05, 3.63) is 89.0 Å². The van der Waals surface area contributed by atoms with Gasteiger partial charge in [0.05, 0.1) is 19.3 Å². The monoisotopic (exact) mass is 587 g/mol. The van der Waals surface area contributed by atoms with Gasteiger partial charge in [-0.05, 0) is 81.6 Å². The third kappa shape index (κ3) is 6.85. The summed E-state index contributed by atoms with van der Waals surface area (Å²) in [5, 5.41) is 2.81. The molecule has 5 rings (SSSR count). The van der Waals surface area contributed by atoms with Crippen LogP contribution in [-0.4, -0.2) is 55.2 Å². The summed E-state index contributed by atoms with van der Waals surface area (Å²) in [7, 11) is 1.47. The highest BCUT2D eigenvalue weighted by Crippen LogP contribution is 2.46. The van der Waals surface area contributed by atoms with E-state index >= 15 is 0 Å². The molecule has 2 N–H and O–H groups in total. The second kappa shape index (κ2) is 12.2. The molecule has 1 saturated heterocycles. The molecule has 0 saturated carbocycles. The fourth-order valence-corrected chi connectivity index (χ4v) is 5.41. The number of ether oxygens (including phenoxy) is 3. The first-order valence-corrected chi connectivity index (χ1v) is 14.3. The van der Waals surface area contributed by atoms with Crippen LogP contribution in [0.2, 0.25) is 0 Å². The Kier molecular flexibility index (Phi) is 8.47.